The van der Waals surface area contributed by atoms with Crippen LogP contribution in [0.1, 0.15) is 41.9 Å². The summed E-state index contributed by atoms with van der Waals surface area (Å²) in [5.74, 6) is -0.196. The summed E-state index contributed by atoms with van der Waals surface area (Å²) in [7, 11) is 0. The number of pyridine rings is 1. The lowest BCUT2D eigenvalue weighted by atomic mass is 10.2. The molecule has 0 spiro atoms. The van der Waals surface area contributed by atoms with Gasteiger partial charge in [-0.2, -0.15) is 0 Å². The van der Waals surface area contributed by atoms with Gasteiger partial charge in [-0.15, -0.1) is 0 Å². The Kier molecular flexibility index (Phi) is 4.92. The summed E-state index contributed by atoms with van der Waals surface area (Å²) < 4.78 is 3.39. The third kappa shape index (κ3) is 3.42. The molecule has 29 heavy (non-hydrogen) atoms. The zero-order valence-electron chi connectivity index (χ0n) is 16.8. The van der Waals surface area contributed by atoms with E-state index in [1.165, 1.54) is 0 Å². The largest absolute Gasteiger partial charge is 0.348 e. The molecule has 6 nitrogen and oxygen atoms in total. The van der Waals surface area contributed by atoms with E-state index in [2.05, 4.69) is 5.32 Å². The second-order valence-corrected chi connectivity index (χ2v) is 7.42. The lowest BCUT2D eigenvalue weighted by molar-refractivity contribution is 0.0930. The Labute approximate surface area is 168 Å². The number of amides is 1. The summed E-state index contributed by atoms with van der Waals surface area (Å²) in [6.07, 6.45) is 2.54. The molecular weight excluding hydrogens is 364 g/mol. The van der Waals surface area contributed by atoms with Gasteiger partial charge in [0, 0.05) is 18.8 Å². The van der Waals surface area contributed by atoms with Gasteiger partial charge in [-0.3, -0.25) is 14.0 Å². The average Bonchev–Trinajstić information content (AvgIpc) is 3.08. The lowest BCUT2D eigenvalue weighted by Crippen LogP contribution is -2.33. The van der Waals surface area contributed by atoms with Gasteiger partial charge in [-0.1, -0.05) is 43.3 Å². The van der Waals surface area contributed by atoms with Gasteiger partial charge in [0.15, 0.2) is 0 Å². The van der Waals surface area contributed by atoms with Crippen LogP contribution in [0.2, 0.25) is 0 Å². The van der Waals surface area contributed by atoms with Crippen LogP contribution in [0.25, 0.3) is 16.7 Å². The summed E-state index contributed by atoms with van der Waals surface area (Å²) in [6, 6.07) is 15.3. The zero-order chi connectivity index (χ0) is 20.5. The van der Waals surface area contributed by atoms with Crippen molar-refractivity contribution in [3.05, 3.63) is 81.9 Å². The standard InChI is InChI=1S/C23H24N4O2/c1-4-16(3)24-22(28)19-13-18-21(27(19)14-17-10-6-5-7-11-17)25-20-15(2)9-8-12-26(20)23(18)29/h5-13,16H,4,14H2,1-3H3,(H,24,28)/t16-/m0/s1. The summed E-state index contributed by atoms with van der Waals surface area (Å²) >= 11 is 0. The minimum absolute atomic E-state index is 0.0426. The molecule has 6 heteroatoms. The van der Waals surface area contributed by atoms with Gasteiger partial charge >= 0.3 is 0 Å². The molecule has 1 N–H and O–H groups in total. The number of hydrogen-bond donors (Lipinski definition) is 1. The smallest absolute Gasteiger partial charge is 0.268 e. The molecule has 0 saturated carbocycles. The van der Waals surface area contributed by atoms with Crippen LogP contribution in [-0.4, -0.2) is 25.9 Å². The second-order valence-electron chi connectivity index (χ2n) is 7.42. The van der Waals surface area contributed by atoms with Crippen molar-refractivity contribution in [2.24, 2.45) is 0 Å². The number of carbonyl (C=O) groups excluding carboxylic acids is 1. The number of carbonyl (C=O) groups is 1. The summed E-state index contributed by atoms with van der Waals surface area (Å²) in [5, 5.41) is 3.45. The van der Waals surface area contributed by atoms with E-state index >= 15 is 0 Å². The predicted octanol–water partition coefficient (Wildman–Crippen LogP) is 3.53. The zero-order valence-corrected chi connectivity index (χ0v) is 16.8. The molecule has 0 aliphatic rings. The lowest BCUT2D eigenvalue weighted by Gasteiger charge is -2.14. The first kappa shape index (κ1) is 18.9. The third-order valence-electron chi connectivity index (χ3n) is 5.30. The molecule has 1 aromatic carbocycles. The van der Waals surface area contributed by atoms with Crippen LogP contribution in [0.15, 0.2) is 59.5 Å². The van der Waals surface area contributed by atoms with Crippen molar-refractivity contribution >= 4 is 22.6 Å². The molecule has 0 fully saturated rings. The molecule has 0 unspecified atom stereocenters. The fraction of sp³-hybridized carbons (Fsp3) is 0.261. The van der Waals surface area contributed by atoms with Crippen LogP contribution in [0.5, 0.6) is 0 Å². The quantitative estimate of drug-likeness (QED) is 0.569. The van der Waals surface area contributed by atoms with Crippen LogP contribution in [0, 0.1) is 6.92 Å². The van der Waals surface area contributed by atoms with Gasteiger partial charge in [-0.25, -0.2) is 4.98 Å². The Hall–Kier alpha value is -3.41. The van der Waals surface area contributed by atoms with E-state index in [0.29, 0.717) is 28.9 Å². The van der Waals surface area contributed by atoms with Gasteiger partial charge in [0.25, 0.3) is 11.5 Å². The maximum Gasteiger partial charge on any atom is 0.268 e. The van der Waals surface area contributed by atoms with Crippen LogP contribution < -0.4 is 10.9 Å². The van der Waals surface area contributed by atoms with E-state index in [1.807, 2.05) is 67.8 Å². The van der Waals surface area contributed by atoms with Crippen LogP contribution in [0.3, 0.4) is 0 Å². The Morgan fingerprint density at radius 2 is 1.90 bits per heavy atom. The number of nitrogens with zero attached hydrogens (tertiary/aromatic N) is 3. The van der Waals surface area contributed by atoms with Crippen LogP contribution in [0.4, 0.5) is 0 Å². The maximum absolute atomic E-state index is 13.1. The van der Waals surface area contributed by atoms with Crippen molar-refractivity contribution in [2.75, 3.05) is 0 Å². The van der Waals surface area contributed by atoms with Crippen LogP contribution >= 0.6 is 0 Å². The van der Waals surface area contributed by atoms with E-state index in [9.17, 15) is 9.59 Å². The second kappa shape index (κ2) is 7.54. The molecule has 3 heterocycles. The topological polar surface area (TPSA) is 68.4 Å². The number of aryl methyl sites for hydroxylation is 1. The highest BCUT2D eigenvalue weighted by Gasteiger charge is 2.21. The number of rotatable bonds is 5. The van der Waals surface area contributed by atoms with E-state index in [4.69, 9.17) is 4.98 Å². The van der Waals surface area contributed by atoms with Crippen molar-refractivity contribution in [3.63, 3.8) is 0 Å². The molecule has 0 radical (unpaired) electrons. The van der Waals surface area contributed by atoms with Gasteiger partial charge in [0.05, 0.1) is 5.39 Å². The normalized spacial score (nSPS) is 12.4. The third-order valence-corrected chi connectivity index (χ3v) is 5.30. The highest BCUT2D eigenvalue weighted by Crippen LogP contribution is 2.20. The highest BCUT2D eigenvalue weighted by atomic mass is 16.2. The highest BCUT2D eigenvalue weighted by molar-refractivity contribution is 5.98. The van der Waals surface area contributed by atoms with Crippen molar-refractivity contribution in [2.45, 2.75) is 39.8 Å². The van der Waals surface area contributed by atoms with E-state index in [-0.39, 0.29) is 17.5 Å². The predicted molar refractivity (Wildman–Crippen MR) is 114 cm³/mol. The number of nitrogens with one attached hydrogen (secondary N) is 1. The molecule has 1 atom stereocenters. The van der Waals surface area contributed by atoms with E-state index in [0.717, 1.165) is 17.5 Å². The molecule has 1 amide bonds. The van der Waals surface area contributed by atoms with Crippen molar-refractivity contribution in [1.29, 1.82) is 0 Å². The number of benzene rings is 1. The molecule has 4 aromatic rings. The number of aromatic nitrogens is 3. The summed E-state index contributed by atoms with van der Waals surface area (Å²) in [4.78, 5) is 30.9. The molecule has 4 rings (SSSR count). The fourth-order valence-electron chi connectivity index (χ4n) is 3.48. The van der Waals surface area contributed by atoms with Gasteiger partial charge in [0.1, 0.15) is 17.0 Å². The number of hydrogen-bond acceptors (Lipinski definition) is 3. The minimum Gasteiger partial charge on any atom is -0.348 e. The summed E-state index contributed by atoms with van der Waals surface area (Å²) in [5.41, 5.74) is 3.35. The first-order chi connectivity index (χ1) is 14.0. The Morgan fingerprint density at radius 1 is 1.14 bits per heavy atom. The van der Waals surface area contributed by atoms with Crippen LogP contribution in [-0.2, 0) is 6.54 Å². The molecule has 0 aliphatic heterocycles. The first-order valence-electron chi connectivity index (χ1n) is 9.85. The monoisotopic (exact) mass is 388 g/mol. The SMILES string of the molecule is CC[C@H](C)NC(=O)c1cc2c(=O)n3cccc(C)c3nc2n1Cc1ccccc1. The fourth-order valence-corrected chi connectivity index (χ4v) is 3.48. The Morgan fingerprint density at radius 3 is 2.62 bits per heavy atom. The van der Waals surface area contributed by atoms with E-state index in [1.54, 1.807) is 16.7 Å². The van der Waals surface area contributed by atoms with E-state index < -0.39 is 0 Å². The molecule has 0 bridgehead atoms. The molecule has 148 valence electrons. The Balaban J connectivity index is 1.97. The molecule has 0 aliphatic carbocycles. The van der Waals surface area contributed by atoms with Crippen molar-refractivity contribution in [1.82, 2.24) is 19.3 Å². The average molecular weight is 388 g/mol. The van der Waals surface area contributed by atoms with Gasteiger partial charge < -0.3 is 9.88 Å². The van der Waals surface area contributed by atoms with Crippen molar-refractivity contribution < 1.29 is 4.79 Å². The number of fused-ring (bicyclic) bond motifs is 2. The maximum atomic E-state index is 13.1. The minimum atomic E-state index is -0.196. The van der Waals surface area contributed by atoms with Gasteiger partial charge in [-0.05, 0) is 43.5 Å². The van der Waals surface area contributed by atoms with Gasteiger partial charge in [0.2, 0.25) is 0 Å². The first-order valence-corrected chi connectivity index (χ1v) is 9.85. The summed E-state index contributed by atoms with van der Waals surface area (Å²) in [6.45, 7) is 6.37. The van der Waals surface area contributed by atoms with Crippen molar-refractivity contribution in [3.8, 4) is 0 Å². The molecule has 0 saturated heterocycles. The molecular formula is C23H24N4O2. The Bertz CT molecular complexity index is 1250. The molecule has 3 aromatic heterocycles.